The molecule has 0 aliphatic carbocycles. The highest BCUT2D eigenvalue weighted by Gasteiger charge is 2.24. The van der Waals surface area contributed by atoms with Gasteiger partial charge in [-0.15, -0.1) is 5.10 Å². The standard InChI is InChI=1S/C14H17N5O2/c20-13-3-1-11(2-4-13)12-5-7-18(8-6-12)14(21)9-19-10-15-16-17-19/h1-4,10,12,20H,5-9H2. The maximum absolute atomic E-state index is 12.1. The molecular weight excluding hydrogens is 270 g/mol. The van der Waals surface area contributed by atoms with Crippen LogP contribution in [0.15, 0.2) is 30.6 Å². The number of rotatable bonds is 3. The molecule has 0 saturated carbocycles. The van der Waals surface area contributed by atoms with Crippen molar-refractivity contribution in [1.29, 1.82) is 0 Å². The number of aromatic hydroxyl groups is 1. The molecule has 0 unspecified atom stereocenters. The van der Waals surface area contributed by atoms with E-state index in [0.29, 0.717) is 5.92 Å². The largest absolute Gasteiger partial charge is 0.508 e. The van der Waals surface area contributed by atoms with Crippen molar-refractivity contribution in [2.45, 2.75) is 25.3 Å². The fraction of sp³-hybridized carbons (Fsp3) is 0.429. The Morgan fingerprint density at radius 3 is 2.57 bits per heavy atom. The normalized spacial score (nSPS) is 16.1. The number of amides is 1. The molecule has 2 aromatic rings. The summed E-state index contributed by atoms with van der Waals surface area (Å²) in [4.78, 5) is 14.0. The van der Waals surface area contributed by atoms with Gasteiger partial charge in [0.2, 0.25) is 5.91 Å². The predicted molar refractivity (Wildman–Crippen MR) is 74.5 cm³/mol. The molecule has 1 saturated heterocycles. The van der Waals surface area contributed by atoms with Crippen LogP contribution in [-0.4, -0.2) is 49.2 Å². The van der Waals surface area contributed by atoms with Gasteiger partial charge in [-0.05, 0) is 46.9 Å². The maximum atomic E-state index is 12.1. The number of nitrogens with zero attached hydrogens (tertiary/aromatic N) is 5. The van der Waals surface area contributed by atoms with Crippen LogP contribution >= 0.6 is 0 Å². The lowest BCUT2D eigenvalue weighted by molar-refractivity contribution is -0.133. The number of aromatic nitrogens is 4. The van der Waals surface area contributed by atoms with Crippen LogP contribution in [0.25, 0.3) is 0 Å². The number of likely N-dealkylation sites (tertiary alicyclic amines) is 1. The summed E-state index contributed by atoms with van der Waals surface area (Å²) in [5.41, 5.74) is 1.22. The Labute approximate surface area is 122 Å². The van der Waals surface area contributed by atoms with E-state index in [0.717, 1.165) is 25.9 Å². The van der Waals surface area contributed by atoms with Crippen LogP contribution in [0.3, 0.4) is 0 Å². The number of piperidine rings is 1. The zero-order chi connectivity index (χ0) is 14.7. The second-order valence-electron chi connectivity index (χ2n) is 5.25. The highest BCUT2D eigenvalue weighted by atomic mass is 16.3. The first-order chi connectivity index (χ1) is 10.2. The minimum atomic E-state index is 0.0476. The Kier molecular flexibility index (Phi) is 3.81. The van der Waals surface area contributed by atoms with Crippen molar-refractivity contribution < 1.29 is 9.90 Å². The SMILES string of the molecule is O=C(Cn1cnnn1)N1CCC(c2ccc(O)cc2)CC1. The van der Waals surface area contributed by atoms with Gasteiger partial charge in [-0.25, -0.2) is 4.68 Å². The minimum absolute atomic E-state index is 0.0476. The molecule has 2 heterocycles. The van der Waals surface area contributed by atoms with Crippen molar-refractivity contribution in [2.24, 2.45) is 0 Å². The first-order valence-electron chi connectivity index (χ1n) is 7.00. The van der Waals surface area contributed by atoms with Gasteiger partial charge in [-0.1, -0.05) is 12.1 Å². The van der Waals surface area contributed by atoms with Crippen LogP contribution in [-0.2, 0) is 11.3 Å². The van der Waals surface area contributed by atoms with Gasteiger partial charge in [0.1, 0.15) is 18.6 Å². The summed E-state index contributed by atoms with van der Waals surface area (Å²) in [6.45, 7) is 1.68. The van der Waals surface area contributed by atoms with E-state index < -0.39 is 0 Å². The van der Waals surface area contributed by atoms with Crippen LogP contribution in [0.4, 0.5) is 0 Å². The van der Waals surface area contributed by atoms with E-state index in [9.17, 15) is 9.90 Å². The molecule has 21 heavy (non-hydrogen) atoms. The molecule has 3 rings (SSSR count). The molecule has 1 N–H and O–H groups in total. The van der Waals surface area contributed by atoms with Gasteiger partial charge in [-0.2, -0.15) is 0 Å². The van der Waals surface area contributed by atoms with Gasteiger partial charge >= 0.3 is 0 Å². The number of carbonyl (C=O) groups is 1. The van der Waals surface area contributed by atoms with E-state index >= 15 is 0 Å². The first-order valence-corrected chi connectivity index (χ1v) is 7.00. The molecule has 1 aromatic heterocycles. The van der Waals surface area contributed by atoms with Gasteiger partial charge < -0.3 is 10.0 Å². The van der Waals surface area contributed by atoms with Crippen LogP contribution in [0.1, 0.15) is 24.3 Å². The molecule has 7 nitrogen and oxygen atoms in total. The van der Waals surface area contributed by atoms with E-state index in [4.69, 9.17) is 0 Å². The predicted octanol–water partition coefficient (Wildman–Crippen LogP) is 0.785. The molecule has 0 bridgehead atoms. The lowest BCUT2D eigenvalue weighted by Gasteiger charge is -2.32. The van der Waals surface area contributed by atoms with Gasteiger partial charge in [-0.3, -0.25) is 4.79 Å². The third kappa shape index (κ3) is 3.18. The molecule has 1 aromatic carbocycles. The van der Waals surface area contributed by atoms with Crippen LogP contribution in [0, 0.1) is 0 Å². The van der Waals surface area contributed by atoms with Gasteiger partial charge in [0, 0.05) is 13.1 Å². The summed E-state index contributed by atoms with van der Waals surface area (Å²) in [6, 6.07) is 7.34. The van der Waals surface area contributed by atoms with Crippen molar-refractivity contribution in [2.75, 3.05) is 13.1 Å². The molecule has 1 amide bonds. The number of benzene rings is 1. The highest BCUT2D eigenvalue weighted by molar-refractivity contribution is 5.75. The molecule has 1 aliphatic rings. The molecule has 1 fully saturated rings. The topological polar surface area (TPSA) is 84.1 Å². The minimum Gasteiger partial charge on any atom is -0.508 e. The van der Waals surface area contributed by atoms with Crippen LogP contribution < -0.4 is 0 Å². The van der Waals surface area contributed by atoms with Crippen molar-refractivity contribution in [1.82, 2.24) is 25.1 Å². The maximum Gasteiger partial charge on any atom is 0.244 e. The summed E-state index contributed by atoms with van der Waals surface area (Å²) >= 11 is 0. The fourth-order valence-corrected chi connectivity index (χ4v) is 2.70. The van der Waals surface area contributed by atoms with E-state index in [1.54, 1.807) is 12.1 Å². The second kappa shape index (κ2) is 5.90. The van der Waals surface area contributed by atoms with Crippen molar-refractivity contribution in [3.8, 4) is 5.75 Å². The summed E-state index contributed by atoms with van der Waals surface area (Å²) in [7, 11) is 0. The van der Waals surface area contributed by atoms with Crippen molar-refractivity contribution >= 4 is 5.91 Å². The molecule has 0 spiro atoms. The Morgan fingerprint density at radius 1 is 1.24 bits per heavy atom. The van der Waals surface area contributed by atoms with Gasteiger partial charge in [0.05, 0.1) is 0 Å². The number of tetrazole rings is 1. The van der Waals surface area contributed by atoms with Crippen LogP contribution in [0.5, 0.6) is 5.75 Å². The average Bonchev–Trinajstić information content (AvgIpc) is 3.01. The van der Waals surface area contributed by atoms with Crippen LogP contribution in [0.2, 0.25) is 0 Å². The Bertz CT molecular complexity index is 588. The van der Waals surface area contributed by atoms with E-state index in [-0.39, 0.29) is 18.2 Å². The number of phenolic OH excluding ortho intramolecular Hbond substituents is 1. The quantitative estimate of drug-likeness (QED) is 0.902. The van der Waals surface area contributed by atoms with Crippen molar-refractivity contribution in [3.05, 3.63) is 36.2 Å². The average molecular weight is 287 g/mol. The van der Waals surface area contributed by atoms with E-state index in [1.807, 2.05) is 17.0 Å². The summed E-state index contributed by atoms with van der Waals surface area (Å²) in [6.07, 6.45) is 3.32. The summed E-state index contributed by atoms with van der Waals surface area (Å²) < 4.78 is 1.44. The molecule has 0 radical (unpaired) electrons. The number of phenols is 1. The van der Waals surface area contributed by atoms with Gasteiger partial charge in [0.25, 0.3) is 0 Å². The fourth-order valence-electron chi connectivity index (χ4n) is 2.70. The third-order valence-corrected chi connectivity index (χ3v) is 3.90. The first kappa shape index (κ1) is 13.5. The molecular formula is C14H17N5O2. The highest BCUT2D eigenvalue weighted by Crippen LogP contribution is 2.29. The van der Waals surface area contributed by atoms with Gasteiger partial charge in [0.15, 0.2) is 0 Å². The smallest absolute Gasteiger partial charge is 0.244 e. The van der Waals surface area contributed by atoms with E-state index in [2.05, 4.69) is 15.5 Å². The van der Waals surface area contributed by atoms with Crippen molar-refractivity contribution in [3.63, 3.8) is 0 Å². The zero-order valence-electron chi connectivity index (χ0n) is 11.6. The third-order valence-electron chi connectivity index (χ3n) is 3.90. The second-order valence-corrected chi connectivity index (χ2v) is 5.25. The summed E-state index contributed by atoms with van der Waals surface area (Å²) in [5.74, 6) is 0.780. The Hall–Kier alpha value is -2.44. The molecule has 0 atom stereocenters. The summed E-state index contributed by atoms with van der Waals surface area (Å²) in [5, 5.41) is 20.1. The molecule has 110 valence electrons. The lowest BCUT2D eigenvalue weighted by Crippen LogP contribution is -2.39. The Balaban J connectivity index is 1.55. The number of hydrogen-bond acceptors (Lipinski definition) is 5. The van der Waals surface area contributed by atoms with E-state index in [1.165, 1.54) is 16.6 Å². The lowest BCUT2D eigenvalue weighted by atomic mass is 9.89. The molecule has 1 aliphatic heterocycles. The Morgan fingerprint density at radius 2 is 1.95 bits per heavy atom. The number of hydrogen-bond donors (Lipinski definition) is 1. The molecule has 7 heteroatoms. The zero-order valence-corrected chi connectivity index (χ0v) is 11.6. The number of carbonyl (C=O) groups excluding carboxylic acids is 1. The monoisotopic (exact) mass is 287 g/mol.